The van der Waals surface area contributed by atoms with E-state index in [0.717, 1.165) is 37.4 Å². The highest BCUT2D eigenvalue weighted by molar-refractivity contribution is 5.38. The molecule has 0 aromatic carbocycles. The summed E-state index contributed by atoms with van der Waals surface area (Å²) in [6, 6.07) is 2.19. The van der Waals surface area contributed by atoms with Crippen LogP contribution in [0.25, 0.3) is 0 Å². The van der Waals surface area contributed by atoms with Crippen molar-refractivity contribution in [1.29, 1.82) is 0 Å². The standard InChI is InChI=1S/C14H17FN6/c1-10-5-13(19-9-18-10)20-12-3-2-4-21(8-12)14-16-6-11(15)7-17-14/h5-7,9,12H,2-4,8H2,1H3,(H,18,19,20). The van der Waals surface area contributed by atoms with Crippen LogP contribution in [0, 0.1) is 12.7 Å². The Morgan fingerprint density at radius 1 is 1.24 bits per heavy atom. The maximum absolute atomic E-state index is 12.9. The minimum absolute atomic E-state index is 0.265. The molecule has 6 nitrogen and oxygen atoms in total. The minimum atomic E-state index is -0.415. The van der Waals surface area contributed by atoms with E-state index in [1.807, 2.05) is 13.0 Å². The molecule has 2 aromatic heterocycles. The van der Waals surface area contributed by atoms with Crippen molar-refractivity contribution in [3.8, 4) is 0 Å². The van der Waals surface area contributed by atoms with Crippen molar-refractivity contribution in [1.82, 2.24) is 19.9 Å². The summed E-state index contributed by atoms with van der Waals surface area (Å²) in [6.07, 6.45) is 6.05. The van der Waals surface area contributed by atoms with Gasteiger partial charge in [-0.15, -0.1) is 0 Å². The van der Waals surface area contributed by atoms with Gasteiger partial charge in [-0.2, -0.15) is 0 Å². The van der Waals surface area contributed by atoms with E-state index in [0.29, 0.717) is 5.95 Å². The van der Waals surface area contributed by atoms with Gasteiger partial charge in [-0.1, -0.05) is 0 Å². The molecule has 1 atom stereocenters. The van der Waals surface area contributed by atoms with Crippen molar-refractivity contribution in [2.45, 2.75) is 25.8 Å². The first kappa shape index (κ1) is 13.7. The van der Waals surface area contributed by atoms with Gasteiger partial charge in [0.15, 0.2) is 5.82 Å². The monoisotopic (exact) mass is 288 g/mol. The van der Waals surface area contributed by atoms with Crippen LogP contribution in [0.1, 0.15) is 18.5 Å². The molecule has 0 bridgehead atoms. The topological polar surface area (TPSA) is 66.8 Å². The number of hydrogen-bond acceptors (Lipinski definition) is 6. The van der Waals surface area contributed by atoms with E-state index >= 15 is 0 Å². The lowest BCUT2D eigenvalue weighted by Crippen LogP contribution is -2.43. The predicted molar refractivity (Wildman–Crippen MR) is 77.6 cm³/mol. The van der Waals surface area contributed by atoms with Crippen molar-refractivity contribution in [2.24, 2.45) is 0 Å². The van der Waals surface area contributed by atoms with Crippen molar-refractivity contribution < 1.29 is 4.39 Å². The second-order valence-corrected chi connectivity index (χ2v) is 5.18. The Morgan fingerprint density at radius 3 is 2.81 bits per heavy atom. The molecule has 1 aliphatic rings. The Bertz CT molecular complexity index is 603. The number of aryl methyl sites for hydroxylation is 1. The molecule has 0 spiro atoms. The molecule has 3 heterocycles. The largest absolute Gasteiger partial charge is 0.365 e. The molecular formula is C14H17FN6. The average molecular weight is 288 g/mol. The SMILES string of the molecule is Cc1cc(NC2CCCN(c3ncc(F)cn3)C2)ncn1. The molecule has 3 rings (SSSR count). The molecule has 0 saturated carbocycles. The average Bonchev–Trinajstić information content (AvgIpc) is 2.48. The van der Waals surface area contributed by atoms with Crippen LogP contribution < -0.4 is 10.2 Å². The second kappa shape index (κ2) is 5.99. The summed E-state index contributed by atoms with van der Waals surface area (Å²) in [5.74, 6) is 0.984. The molecule has 0 amide bonds. The minimum Gasteiger partial charge on any atom is -0.365 e. The molecular weight excluding hydrogens is 271 g/mol. The van der Waals surface area contributed by atoms with E-state index in [1.165, 1.54) is 12.4 Å². The van der Waals surface area contributed by atoms with Crippen molar-refractivity contribution in [3.63, 3.8) is 0 Å². The highest BCUT2D eigenvalue weighted by Gasteiger charge is 2.22. The van der Waals surface area contributed by atoms with Crippen LogP contribution in [0.4, 0.5) is 16.2 Å². The number of rotatable bonds is 3. The van der Waals surface area contributed by atoms with Gasteiger partial charge < -0.3 is 10.2 Å². The van der Waals surface area contributed by atoms with Gasteiger partial charge in [0.1, 0.15) is 12.1 Å². The number of halogens is 1. The van der Waals surface area contributed by atoms with Gasteiger partial charge in [0.2, 0.25) is 5.95 Å². The van der Waals surface area contributed by atoms with E-state index < -0.39 is 5.82 Å². The molecule has 1 unspecified atom stereocenters. The van der Waals surface area contributed by atoms with Crippen LogP contribution in [-0.4, -0.2) is 39.1 Å². The van der Waals surface area contributed by atoms with E-state index in [4.69, 9.17) is 0 Å². The Hall–Kier alpha value is -2.31. The normalized spacial score (nSPS) is 18.6. The van der Waals surface area contributed by atoms with Gasteiger partial charge >= 0.3 is 0 Å². The summed E-state index contributed by atoms with van der Waals surface area (Å²) in [5.41, 5.74) is 0.932. The van der Waals surface area contributed by atoms with Crippen LogP contribution in [0.15, 0.2) is 24.8 Å². The maximum Gasteiger partial charge on any atom is 0.225 e. The molecule has 1 fully saturated rings. The van der Waals surface area contributed by atoms with Gasteiger partial charge in [0, 0.05) is 30.9 Å². The summed E-state index contributed by atoms with van der Waals surface area (Å²) >= 11 is 0. The Labute approximate surface area is 122 Å². The number of hydrogen-bond donors (Lipinski definition) is 1. The molecule has 0 aliphatic carbocycles. The number of piperidine rings is 1. The predicted octanol–water partition coefficient (Wildman–Crippen LogP) is 1.80. The first-order valence-electron chi connectivity index (χ1n) is 6.98. The fourth-order valence-electron chi connectivity index (χ4n) is 2.49. The van der Waals surface area contributed by atoms with Crippen LogP contribution >= 0.6 is 0 Å². The molecule has 21 heavy (non-hydrogen) atoms. The molecule has 2 aromatic rings. The number of nitrogens with one attached hydrogen (secondary N) is 1. The molecule has 7 heteroatoms. The zero-order chi connectivity index (χ0) is 14.7. The fourth-order valence-corrected chi connectivity index (χ4v) is 2.49. The zero-order valence-electron chi connectivity index (χ0n) is 11.8. The lowest BCUT2D eigenvalue weighted by Gasteiger charge is -2.33. The lowest BCUT2D eigenvalue weighted by atomic mass is 10.1. The number of aromatic nitrogens is 4. The Morgan fingerprint density at radius 2 is 2.05 bits per heavy atom. The molecule has 110 valence electrons. The third-order valence-electron chi connectivity index (χ3n) is 3.47. The first-order valence-corrected chi connectivity index (χ1v) is 6.98. The van der Waals surface area contributed by atoms with Gasteiger partial charge in [0.05, 0.1) is 12.4 Å². The van der Waals surface area contributed by atoms with Crippen LogP contribution in [-0.2, 0) is 0 Å². The molecule has 1 aliphatic heterocycles. The van der Waals surface area contributed by atoms with E-state index in [-0.39, 0.29) is 6.04 Å². The van der Waals surface area contributed by atoms with E-state index in [9.17, 15) is 4.39 Å². The summed E-state index contributed by atoms with van der Waals surface area (Å²) in [6.45, 7) is 3.59. The van der Waals surface area contributed by atoms with Gasteiger partial charge in [-0.05, 0) is 19.8 Å². The van der Waals surface area contributed by atoms with E-state index in [2.05, 4.69) is 30.2 Å². The molecule has 1 N–H and O–H groups in total. The van der Waals surface area contributed by atoms with Crippen LogP contribution in [0.3, 0.4) is 0 Å². The first-order chi connectivity index (χ1) is 10.2. The Kier molecular flexibility index (Phi) is 3.89. The maximum atomic E-state index is 12.9. The highest BCUT2D eigenvalue weighted by atomic mass is 19.1. The molecule has 1 saturated heterocycles. The summed E-state index contributed by atoms with van der Waals surface area (Å²) in [5, 5.41) is 3.41. The fraction of sp³-hybridized carbons (Fsp3) is 0.429. The van der Waals surface area contributed by atoms with Gasteiger partial charge in [-0.3, -0.25) is 0 Å². The summed E-state index contributed by atoms with van der Waals surface area (Å²) in [4.78, 5) is 18.5. The smallest absolute Gasteiger partial charge is 0.225 e. The number of nitrogens with zero attached hydrogens (tertiary/aromatic N) is 5. The van der Waals surface area contributed by atoms with Crippen LogP contribution in [0.5, 0.6) is 0 Å². The highest BCUT2D eigenvalue weighted by Crippen LogP contribution is 2.18. The van der Waals surface area contributed by atoms with Crippen molar-refractivity contribution >= 4 is 11.8 Å². The zero-order valence-corrected chi connectivity index (χ0v) is 11.8. The number of anilines is 2. The second-order valence-electron chi connectivity index (χ2n) is 5.18. The van der Waals surface area contributed by atoms with E-state index in [1.54, 1.807) is 6.33 Å². The lowest BCUT2D eigenvalue weighted by molar-refractivity contribution is 0.519. The van der Waals surface area contributed by atoms with Gasteiger partial charge in [0.25, 0.3) is 0 Å². The molecule has 0 radical (unpaired) electrons. The quantitative estimate of drug-likeness (QED) is 0.929. The van der Waals surface area contributed by atoms with Crippen LogP contribution in [0.2, 0.25) is 0 Å². The van der Waals surface area contributed by atoms with Crippen molar-refractivity contribution in [2.75, 3.05) is 23.3 Å². The Balaban J connectivity index is 1.67. The summed E-state index contributed by atoms with van der Waals surface area (Å²) < 4.78 is 12.9. The van der Waals surface area contributed by atoms with Gasteiger partial charge in [-0.25, -0.2) is 24.3 Å². The summed E-state index contributed by atoms with van der Waals surface area (Å²) in [7, 11) is 0. The third kappa shape index (κ3) is 3.42. The van der Waals surface area contributed by atoms with Crippen molar-refractivity contribution in [3.05, 3.63) is 36.3 Å². The third-order valence-corrected chi connectivity index (χ3v) is 3.47.